The van der Waals surface area contributed by atoms with Crippen molar-refractivity contribution < 1.29 is 22.8 Å². The van der Waals surface area contributed by atoms with Crippen molar-refractivity contribution in [3.05, 3.63) is 29.8 Å². The first-order valence-electron chi connectivity index (χ1n) is 8.19. The lowest BCUT2D eigenvalue weighted by Gasteiger charge is -2.40. The number of nitrogens with one attached hydrogen (secondary N) is 1. The van der Waals surface area contributed by atoms with Gasteiger partial charge in [0.05, 0.1) is 17.9 Å². The normalized spacial score (nSPS) is 17.7. The highest BCUT2D eigenvalue weighted by molar-refractivity contribution is 7.90. The zero-order chi connectivity index (χ0) is 19.5. The van der Waals surface area contributed by atoms with E-state index in [9.17, 15) is 22.8 Å². The van der Waals surface area contributed by atoms with E-state index >= 15 is 0 Å². The van der Waals surface area contributed by atoms with Gasteiger partial charge in [0.1, 0.15) is 6.04 Å². The molecule has 142 valence electrons. The van der Waals surface area contributed by atoms with Crippen LogP contribution in [-0.2, 0) is 30.6 Å². The van der Waals surface area contributed by atoms with Gasteiger partial charge in [-0.25, -0.2) is 8.42 Å². The third-order valence-corrected chi connectivity index (χ3v) is 5.52. The molecule has 0 radical (unpaired) electrons. The first-order chi connectivity index (χ1) is 12.1. The van der Waals surface area contributed by atoms with E-state index in [1.54, 1.807) is 17.0 Å². The summed E-state index contributed by atoms with van der Waals surface area (Å²) in [5.41, 5.74) is 0.688. The molecule has 0 aliphatic carbocycles. The van der Waals surface area contributed by atoms with Crippen LogP contribution in [0, 0.1) is 0 Å². The highest BCUT2D eigenvalue weighted by Gasteiger charge is 2.35. The van der Waals surface area contributed by atoms with E-state index in [1.165, 1.54) is 31.0 Å². The molecule has 9 heteroatoms. The van der Waals surface area contributed by atoms with Crippen LogP contribution in [0.4, 0.5) is 0 Å². The number of benzene rings is 1. The molecule has 0 bridgehead atoms. The number of piperazine rings is 1. The number of rotatable bonds is 4. The summed E-state index contributed by atoms with van der Waals surface area (Å²) in [6, 6.07) is 5.45. The summed E-state index contributed by atoms with van der Waals surface area (Å²) >= 11 is 0. The zero-order valence-corrected chi connectivity index (χ0v) is 15.9. The fourth-order valence-electron chi connectivity index (χ4n) is 2.92. The summed E-state index contributed by atoms with van der Waals surface area (Å²) < 4.78 is 23.0. The molecule has 1 aliphatic heterocycles. The Labute approximate surface area is 153 Å². The van der Waals surface area contributed by atoms with Gasteiger partial charge in [0.15, 0.2) is 9.84 Å². The van der Waals surface area contributed by atoms with E-state index in [-0.39, 0.29) is 35.6 Å². The van der Waals surface area contributed by atoms with Crippen LogP contribution in [0.1, 0.15) is 12.5 Å². The molecular formula is C17H23N3O5S. The van der Waals surface area contributed by atoms with Crippen molar-refractivity contribution in [1.82, 2.24) is 15.1 Å². The summed E-state index contributed by atoms with van der Waals surface area (Å²) in [5.74, 6) is -0.688. The molecule has 26 heavy (non-hydrogen) atoms. The molecule has 1 atom stereocenters. The third-order valence-electron chi connectivity index (χ3n) is 4.39. The van der Waals surface area contributed by atoms with Gasteiger partial charge in [0.2, 0.25) is 17.7 Å². The minimum atomic E-state index is -3.28. The Bertz CT molecular complexity index is 804. The second kappa shape index (κ2) is 7.86. The van der Waals surface area contributed by atoms with Crippen molar-refractivity contribution in [2.45, 2.75) is 24.3 Å². The largest absolute Gasteiger partial charge is 0.357 e. The van der Waals surface area contributed by atoms with Crippen LogP contribution < -0.4 is 5.32 Å². The Hall–Kier alpha value is -2.42. The van der Waals surface area contributed by atoms with Gasteiger partial charge in [-0.15, -0.1) is 0 Å². The monoisotopic (exact) mass is 381 g/mol. The van der Waals surface area contributed by atoms with Gasteiger partial charge >= 0.3 is 0 Å². The molecule has 1 N–H and O–H groups in total. The smallest absolute Gasteiger partial charge is 0.244 e. The van der Waals surface area contributed by atoms with Gasteiger partial charge in [0, 0.05) is 33.3 Å². The predicted molar refractivity (Wildman–Crippen MR) is 95.1 cm³/mol. The number of likely N-dealkylation sites (N-methyl/N-ethyl adjacent to an activating group) is 1. The topological polar surface area (TPSA) is 104 Å². The van der Waals surface area contributed by atoms with Crippen molar-refractivity contribution in [2.75, 3.05) is 32.9 Å². The van der Waals surface area contributed by atoms with Crippen LogP contribution in [-0.4, -0.2) is 74.9 Å². The van der Waals surface area contributed by atoms with Gasteiger partial charge in [0.25, 0.3) is 0 Å². The standard InChI is InChI=1S/C17H23N3O5S/c1-12(21)20-9-8-19(11-15(20)17(23)18-2)16(22)10-13-4-6-14(7-5-13)26(3,24)25/h4-7,15H,8-11H2,1-3H3,(H,18,23)/t15-/m1/s1. The molecular weight excluding hydrogens is 358 g/mol. The van der Waals surface area contributed by atoms with Gasteiger partial charge in [-0.3, -0.25) is 14.4 Å². The second-order valence-corrected chi connectivity index (χ2v) is 8.29. The van der Waals surface area contributed by atoms with E-state index in [1.807, 2.05) is 0 Å². The lowest BCUT2D eigenvalue weighted by atomic mass is 10.1. The molecule has 0 unspecified atom stereocenters. The minimum Gasteiger partial charge on any atom is -0.357 e. The van der Waals surface area contributed by atoms with Crippen LogP contribution in [0.15, 0.2) is 29.2 Å². The Kier molecular flexibility index (Phi) is 6.01. The molecule has 0 saturated carbocycles. The quantitative estimate of drug-likeness (QED) is 0.753. The lowest BCUT2D eigenvalue weighted by molar-refractivity contribution is -0.146. The van der Waals surface area contributed by atoms with Crippen molar-refractivity contribution in [2.24, 2.45) is 0 Å². The van der Waals surface area contributed by atoms with Crippen LogP contribution >= 0.6 is 0 Å². The minimum absolute atomic E-state index is 0.102. The number of amides is 3. The number of carbonyl (C=O) groups is 3. The van der Waals surface area contributed by atoms with E-state index in [0.29, 0.717) is 18.7 Å². The Balaban J connectivity index is 2.07. The van der Waals surface area contributed by atoms with Crippen LogP contribution in [0.25, 0.3) is 0 Å². The summed E-state index contributed by atoms with van der Waals surface area (Å²) in [6.45, 7) is 2.19. The molecule has 2 rings (SSSR count). The average Bonchev–Trinajstić information content (AvgIpc) is 2.60. The van der Waals surface area contributed by atoms with E-state index in [2.05, 4.69) is 5.32 Å². The highest BCUT2D eigenvalue weighted by atomic mass is 32.2. The fourth-order valence-corrected chi connectivity index (χ4v) is 3.55. The van der Waals surface area contributed by atoms with Crippen LogP contribution in [0.3, 0.4) is 0 Å². The number of hydrogen-bond acceptors (Lipinski definition) is 5. The second-order valence-electron chi connectivity index (χ2n) is 6.28. The molecule has 1 aromatic carbocycles. The maximum atomic E-state index is 12.6. The van der Waals surface area contributed by atoms with Gasteiger partial charge in [-0.2, -0.15) is 0 Å². The molecule has 8 nitrogen and oxygen atoms in total. The third kappa shape index (κ3) is 4.60. The number of hydrogen-bond donors (Lipinski definition) is 1. The van der Waals surface area contributed by atoms with Crippen molar-refractivity contribution in [3.63, 3.8) is 0 Å². The molecule has 0 spiro atoms. The predicted octanol–water partition coefficient (Wildman–Crippen LogP) is -0.562. The van der Waals surface area contributed by atoms with Crippen molar-refractivity contribution in [1.29, 1.82) is 0 Å². The average molecular weight is 381 g/mol. The maximum absolute atomic E-state index is 12.6. The van der Waals surface area contributed by atoms with E-state index in [4.69, 9.17) is 0 Å². The summed E-state index contributed by atoms with van der Waals surface area (Å²) in [6.07, 6.45) is 1.23. The molecule has 3 amide bonds. The first kappa shape index (κ1) is 19.9. The zero-order valence-electron chi connectivity index (χ0n) is 15.1. The number of carbonyl (C=O) groups excluding carboxylic acids is 3. The summed E-state index contributed by atoms with van der Waals surface area (Å²) in [7, 11) is -1.79. The lowest BCUT2D eigenvalue weighted by Crippen LogP contribution is -2.61. The Morgan fingerprint density at radius 1 is 1.15 bits per heavy atom. The summed E-state index contributed by atoms with van der Waals surface area (Å²) in [5, 5.41) is 2.52. The van der Waals surface area contributed by atoms with Crippen LogP contribution in [0.2, 0.25) is 0 Å². The Morgan fingerprint density at radius 3 is 2.27 bits per heavy atom. The van der Waals surface area contributed by atoms with Crippen LogP contribution in [0.5, 0.6) is 0 Å². The van der Waals surface area contributed by atoms with Gasteiger partial charge in [-0.05, 0) is 17.7 Å². The highest BCUT2D eigenvalue weighted by Crippen LogP contribution is 2.15. The summed E-state index contributed by atoms with van der Waals surface area (Å²) in [4.78, 5) is 39.5. The van der Waals surface area contributed by atoms with Gasteiger partial charge in [-0.1, -0.05) is 12.1 Å². The Morgan fingerprint density at radius 2 is 1.77 bits per heavy atom. The molecule has 0 aromatic heterocycles. The SMILES string of the molecule is CNC(=O)[C@H]1CN(C(=O)Cc2ccc(S(C)(=O)=O)cc2)CCN1C(C)=O. The first-order valence-corrected chi connectivity index (χ1v) is 10.1. The molecule has 1 aliphatic rings. The fraction of sp³-hybridized carbons (Fsp3) is 0.471. The number of nitrogens with zero attached hydrogens (tertiary/aromatic N) is 2. The number of sulfone groups is 1. The van der Waals surface area contributed by atoms with E-state index < -0.39 is 15.9 Å². The molecule has 1 fully saturated rings. The molecule has 1 aromatic rings. The van der Waals surface area contributed by atoms with Crippen molar-refractivity contribution >= 4 is 27.6 Å². The van der Waals surface area contributed by atoms with Crippen molar-refractivity contribution in [3.8, 4) is 0 Å². The maximum Gasteiger partial charge on any atom is 0.244 e. The van der Waals surface area contributed by atoms with E-state index in [0.717, 1.165) is 6.26 Å². The molecule has 1 heterocycles. The molecule has 1 saturated heterocycles. The van der Waals surface area contributed by atoms with Gasteiger partial charge < -0.3 is 15.1 Å².